The predicted molar refractivity (Wildman–Crippen MR) is 53.7 cm³/mol. The highest BCUT2D eigenvalue weighted by molar-refractivity contribution is 9.10. The molecule has 1 aromatic carbocycles. The van der Waals surface area contributed by atoms with Crippen molar-refractivity contribution >= 4 is 21.9 Å². The Kier molecular flexibility index (Phi) is 3.30. The van der Waals surface area contributed by atoms with E-state index in [4.69, 9.17) is 10.8 Å². The van der Waals surface area contributed by atoms with Gasteiger partial charge in [-0.25, -0.2) is 4.79 Å². The molecule has 0 aliphatic rings. The zero-order valence-corrected chi connectivity index (χ0v) is 9.34. The Bertz CT molecular complexity index is 404. The molecule has 0 fully saturated rings. The van der Waals surface area contributed by atoms with Crippen molar-refractivity contribution < 1.29 is 23.1 Å². The van der Waals surface area contributed by atoms with Crippen molar-refractivity contribution in [2.75, 3.05) is 0 Å². The third kappa shape index (κ3) is 2.05. The van der Waals surface area contributed by atoms with Crippen LogP contribution in [0.1, 0.15) is 5.56 Å². The summed E-state index contributed by atoms with van der Waals surface area (Å²) < 4.78 is 38.4. The van der Waals surface area contributed by atoms with Crippen LogP contribution in [-0.2, 0) is 10.3 Å². The van der Waals surface area contributed by atoms with Crippen LogP contribution in [0.15, 0.2) is 28.7 Å². The molecule has 0 radical (unpaired) electrons. The molecule has 1 unspecified atom stereocenters. The summed E-state index contributed by atoms with van der Waals surface area (Å²) in [5.41, 5.74) is 1.05. The van der Waals surface area contributed by atoms with Gasteiger partial charge in [0.2, 0.25) is 5.54 Å². The standard InChI is InChI=1S/C9H7BrF3NO2/c10-6-3-1-5(2-4-6)8(14,7(15)16)9(11,12)13/h1-4H,14H2,(H,15,16). The van der Waals surface area contributed by atoms with Gasteiger partial charge in [-0.2, -0.15) is 13.2 Å². The molecule has 88 valence electrons. The maximum absolute atomic E-state index is 12.6. The number of carbonyl (C=O) groups is 1. The summed E-state index contributed by atoms with van der Waals surface area (Å²) in [5.74, 6) is -2.14. The van der Waals surface area contributed by atoms with Crippen LogP contribution in [-0.4, -0.2) is 17.3 Å². The van der Waals surface area contributed by atoms with Crippen molar-refractivity contribution in [3.63, 3.8) is 0 Å². The Labute approximate surface area is 97.2 Å². The fourth-order valence-corrected chi connectivity index (χ4v) is 1.39. The minimum Gasteiger partial charge on any atom is -0.479 e. The number of carboxylic acid groups (broad SMARTS) is 1. The summed E-state index contributed by atoms with van der Waals surface area (Å²) in [6.07, 6.45) is -5.06. The molecule has 3 N–H and O–H groups in total. The highest BCUT2D eigenvalue weighted by Gasteiger charge is 2.59. The molecule has 0 saturated heterocycles. The molecule has 1 rings (SSSR count). The minimum atomic E-state index is -5.06. The highest BCUT2D eigenvalue weighted by atomic mass is 79.9. The van der Waals surface area contributed by atoms with E-state index in [2.05, 4.69) is 15.9 Å². The van der Waals surface area contributed by atoms with Gasteiger partial charge in [-0.05, 0) is 17.7 Å². The largest absolute Gasteiger partial charge is 0.479 e. The number of rotatable bonds is 2. The first-order valence-electron chi connectivity index (χ1n) is 4.04. The number of nitrogens with two attached hydrogens (primary N) is 1. The summed E-state index contributed by atoms with van der Waals surface area (Å²) >= 11 is 3.03. The lowest BCUT2D eigenvalue weighted by Crippen LogP contribution is -2.56. The van der Waals surface area contributed by atoms with E-state index in [0.29, 0.717) is 4.47 Å². The fourth-order valence-electron chi connectivity index (χ4n) is 1.12. The molecule has 0 saturated carbocycles. The Hall–Kier alpha value is -1.08. The monoisotopic (exact) mass is 297 g/mol. The number of hydrogen-bond acceptors (Lipinski definition) is 2. The molecular weight excluding hydrogens is 291 g/mol. The van der Waals surface area contributed by atoms with E-state index in [1.54, 1.807) is 0 Å². The van der Waals surface area contributed by atoms with Gasteiger partial charge in [0.1, 0.15) is 0 Å². The van der Waals surface area contributed by atoms with Crippen LogP contribution < -0.4 is 5.73 Å². The normalized spacial score (nSPS) is 15.6. The average molecular weight is 298 g/mol. The fraction of sp³-hybridized carbons (Fsp3) is 0.222. The molecule has 0 aliphatic heterocycles. The molecule has 0 amide bonds. The lowest BCUT2D eigenvalue weighted by molar-refractivity contribution is -0.204. The van der Waals surface area contributed by atoms with Crippen LogP contribution in [0.5, 0.6) is 0 Å². The first kappa shape index (κ1) is 13.0. The summed E-state index contributed by atoms with van der Waals surface area (Å²) in [5, 5.41) is 8.63. The number of halogens is 4. The second kappa shape index (κ2) is 4.06. The van der Waals surface area contributed by atoms with Gasteiger partial charge in [-0.15, -0.1) is 0 Å². The second-order valence-electron chi connectivity index (χ2n) is 3.12. The SMILES string of the molecule is NC(C(=O)O)(c1ccc(Br)cc1)C(F)(F)F. The molecule has 16 heavy (non-hydrogen) atoms. The average Bonchev–Trinajstić information content (AvgIpc) is 2.15. The number of hydrogen-bond donors (Lipinski definition) is 2. The van der Waals surface area contributed by atoms with Crippen LogP contribution in [0.2, 0.25) is 0 Å². The molecule has 0 heterocycles. The zero-order valence-electron chi connectivity index (χ0n) is 7.75. The molecule has 0 spiro atoms. The molecule has 3 nitrogen and oxygen atoms in total. The van der Waals surface area contributed by atoms with E-state index in [0.717, 1.165) is 12.1 Å². The minimum absolute atomic E-state index is 0.518. The number of carboxylic acids is 1. The lowest BCUT2D eigenvalue weighted by Gasteiger charge is -2.27. The van der Waals surface area contributed by atoms with E-state index in [-0.39, 0.29) is 0 Å². The van der Waals surface area contributed by atoms with Gasteiger partial charge in [0.05, 0.1) is 0 Å². The summed E-state index contributed by atoms with van der Waals surface area (Å²) in [7, 11) is 0. The van der Waals surface area contributed by atoms with E-state index < -0.39 is 23.2 Å². The van der Waals surface area contributed by atoms with Gasteiger partial charge in [0, 0.05) is 4.47 Å². The molecule has 7 heteroatoms. The summed E-state index contributed by atoms with van der Waals surface area (Å²) in [6, 6.07) is 4.63. The molecule has 0 aliphatic carbocycles. The Balaban J connectivity index is 3.34. The Morgan fingerprint density at radius 2 is 1.69 bits per heavy atom. The van der Waals surface area contributed by atoms with Crippen molar-refractivity contribution in [1.82, 2.24) is 0 Å². The van der Waals surface area contributed by atoms with Gasteiger partial charge in [-0.3, -0.25) is 0 Å². The molecule has 0 bridgehead atoms. The van der Waals surface area contributed by atoms with Gasteiger partial charge in [-0.1, -0.05) is 28.1 Å². The second-order valence-corrected chi connectivity index (χ2v) is 4.03. The van der Waals surface area contributed by atoms with Crippen molar-refractivity contribution in [3.8, 4) is 0 Å². The van der Waals surface area contributed by atoms with Gasteiger partial charge in [0.15, 0.2) is 0 Å². The third-order valence-electron chi connectivity index (χ3n) is 2.08. The Morgan fingerprint density at radius 1 is 1.25 bits per heavy atom. The molecular formula is C9H7BrF3NO2. The highest BCUT2D eigenvalue weighted by Crippen LogP contribution is 2.37. The number of aliphatic carboxylic acids is 1. The first-order valence-corrected chi connectivity index (χ1v) is 4.84. The van der Waals surface area contributed by atoms with Gasteiger partial charge < -0.3 is 10.8 Å². The van der Waals surface area contributed by atoms with Crippen LogP contribution in [0.3, 0.4) is 0 Å². The molecule has 1 atom stereocenters. The van der Waals surface area contributed by atoms with Crippen LogP contribution >= 0.6 is 15.9 Å². The first-order chi connectivity index (χ1) is 7.19. The van der Waals surface area contributed by atoms with E-state index in [9.17, 15) is 18.0 Å². The van der Waals surface area contributed by atoms with Crippen molar-refractivity contribution in [2.45, 2.75) is 11.7 Å². The summed E-state index contributed by atoms with van der Waals surface area (Å²) in [4.78, 5) is 10.7. The van der Waals surface area contributed by atoms with E-state index in [1.165, 1.54) is 12.1 Å². The van der Waals surface area contributed by atoms with Crippen LogP contribution in [0, 0.1) is 0 Å². The van der Waals surface area contributed by atoms with Crippen molar-refractivity contribution in [2.24, 2.45) is 5.73 Å². The molecule has 1 aromatic rings. The summed E-state index contributed by atoms with van der Waals surface area (Å²) in [6.45, 7) is 0. The van der Waals surface area contributed by atoms with Crippen molar-refractivity contribution in [3.05, 3.63) is 34.3 Å². The smallest absolute Gasteiger partial charge is 0.421 e. The lowest BCUT2D eigenvalue weighted by atomic mass is 9.90. The predicted octanol–water partition coefficient (Wildman–Crippen LogP) is 2.25. The van der Waals surface area contributed by atoms with Crippen LogP contribution in [0.4, 0.5) is 13.2 Å². The Morgan fingerprint density at radius 3 is 2.00 bits per heavy atom. The van der Waals surface area contributed by atoms with Crippen LogP contribution in [0.25, 0.3) is 0 Å². The maximum Gasteiger partial charge on any atom is 0.421 e. The maximum atomic E-state index is 12.6. The quantitative estimate of drug-likeness (QED) is 0.880. The molecule has 0 aromatic heterocycles. The van der Waals surface area contributed by atoms with Gasteiger partial charge in [0.25, 0.3) is 0 Å². The zero-order chi connectivity index (χ0) is 12.6. The number of benzene rings is 1. The van der Waals surface area contributed by atoms with Gasteiger partial charge >= 0.3 is 12.1 Å². The number of alkyl halides is 3. The van der Waals surface area contributed by atoms with E-state index >= 15 is 0 Å². The van der Waals surface area contributed by atoms with E-state index in [1.807, 2.05) is 0 Å². The van der Waals surface area contributed by atoms with Crippen molar-refractivity contribution in [1.29, 1.82) is 0 Å². The third-order valence-corrected chi connectivity index (χ3v) is 2.61. The topological polar surface area (TPSA) is 63.3 Å².